The monoisotopic (exact) mass is 560 g/mol. The molecule has 0 aromatic heterocycles. The topological polar surface area (TPSA) is 43.4 Å². The van der Waals surface area contributed by atoms with Crippen LogP contribution < -0.4 is 0 Å². The molecule has 4 aliphatic heterocycles. The van der Waals surface area contributed by atoms with Gasteiger partial charge in [0.25, 0.3) is 0 Å². The second-order valence-corrected chi connectivity index (χ2v) is 9.06. The van der Waals surface area contributed by atoms with Gasteiger partial charge in [-0.1, -0.05) is 24.3 Å². The first-order valence-corrected chi connectivity index (χ1v) is 11.2. The van der Waals surface area contributed by atoms with E-state index in [1.807, 2.05) is 0 Å². The molecule has 0 aliphatic carbocycles. The number of ether oxygens (including phenoxy) is 1. The fourth-order valence-electron chi connectivity index (χ4n) is 4.91. The van der Waals surface area contributed by atoms with Gasteiger partial charge in [0.2, 0.25) is 0 Å². The third-order valence-corrected chi connectivity index (χ3v) is 6.88. The molecule has 0 radical (unpaired) electrons. The zero-order chi connectivity index (χ0) is 28.8. The van der Waals surface area contributed by atoms with Gasteiger partial charge >= 0.3 is 24.3 Å². The van der Waals surface area contributed by atoms with E-state index in [9.17, 15) is 49.1 Å². The number of rotatable bonds is 5. The summed E-state index contributed by atoms with van der Waals surface area (Å²) in [6, 6.07) is 8.50. The van der Waals surface area contributed by atoms with Gasteiger partial charge in [0.1, 0.15) is 20.0 Å². The van der Waals surface area contributed by atoms with E-state index >= 15 is 0 Å². The van der Waals surface area contributed by atoms with Crippen molar-refractivity contribution in [1.82, 2.24) is 0 Å². The highest BCUT2D eigenvalue weighted by Gasteiger charge is 2.57. The molecule has 3 aromatic carbocycles. The van der Waals surface area contributed by atoms with E-state index in [1.54, 1.807) is 0 Å². The van der Waals surface area contributed by atoms with Gasteiger partial charge < -0.3 is 4.74 Å². The maximum Gasteiger partial charge on any atom is 0.416 e. The number of carbonyl (C=O) groups excluding carboxylic acids is 2. The summed E-state index contributed by atoms with van der Waals surface area (Å²) in [7, 11) is 0. The minimum absolute atomic E-state index is 0.157. The molecule has 4 heterocycles. The molecule has 0 unspecified atom stereocenters. The van der Waals surface area contributed by atoms with E-state index in [-0.39, 0.29) is 40.5 Å². The molecule has 206 valence electrons. The normalized spacial score (nSPS) is 15.6. The highest BCUT2D eigenvalue weighted by molar-refractivity contribution is 6.02. The molecule has 0 amide bonds. The van der Waals surface area contributed by atoms with Crippen molar-refractivity contribution in [2.45, 2.75) is 17.8 Å². The van der Waals surface area contributed by atoms with Gasteiger partial charge in [0.15, 0.2) is 0 Å². The molecule has 4 bridgehead atoms. The Kier molecular flexibility index (Phi) is 7.03. The smallest absolute Gasteiger partial charge is 0.386 e. The summed E-state index contributed by atoms with van der Waals surface area (Å²) in [6.07, 6.45) is -10.6. The van der Waals surface area contributed by atoms with Crippen LogP contribution in [0.3, 0.4) is 0 Å². The number of halogens is 9. The molecule has 4 aliphatic rings. The van der Waals surface area contributed by atoms with E-state index in [0.717, 1.165) is 48.5 Å². The molecule has 0 fully saturated rings. The van der Waals surface area contributed by atoms with Crippen molar-refractivity contribution >= 4 is 11.9 Å². The number of hydrogen-bond donors (Lipinski definition) is 0. The van der Waals surface area contributed by atoms with E-state index in [1.165, 1.54) is 0 Å². The van der Waals surface area contributed by atoms with E-state index in [4.69, 9.17) is 4.74 Å². The average molecular weight is 560 g/mol. The van der Waals surface area contributed by atoms with E-state index in [2.05, 4.69) is 0 Å². The van der Waals surface area contributed by atoms with Crippen LogP contribution in [0.4, 0.5) is 39.5 Å². The Hall–Kier alpha value is -3.83. The molecule has 0 spiro atoms. The Morgan fingerprint density at radius 3 is 1.23 bits per heavy atom. The molecule has 39 heavy (non-hydrogen) atoms. The fourth-order valence-corrected chi connectivity index (χ4v) is 4.91. The Labute approximate surface area is 215 Å². The van der Waals surface area contributed by atoms with Crippen LogP contribution in [0.25, 0.3) is 0 Å². The van der Waals surface area contributed by atoms with Gasteiger partial charge in [-0.25, -0.2) is 9.59 Å². The first-order valence-electron chi connectivity index (χ1n) is 11.2. The lowest BCUT2D eigenvalue weighted by molar-refractivity contribution is -0.143. The zero-order valence-corrected chi connectivity index (χ0v) is 19.6. The number of alkyl halides is 9. The molecular weight excluding hydrogens is 543 g/mol. The SMILES string of the molecule is O=C1OC(=O)c2ccc(cc2)C(c2cc(C(F)(F)F)cc(C(F)(F)F)c2)(C(CF)(CF)CF)c2ccc1cc2. The zero-order valence-electron chi connectivity index (χ0n) is 19.6. The average Bonchev–Trinajstić information content (AvgIpc) is 2.90. The molecule has 0 saturated heterocycles. The lowest BCUT2D eigenvalue weighted by Gasteiger charge is -2.48. The molecule has 0 atom stereocenters. The van der Waals surface area contributed by atoms with Gasteiger partial charge in [0.05, 0.1) is 33.1 Å². The van der Waals surface area contributed by atoms with Crippen molar-refractivity contribution < 1.29 is 53.8 Å². The van der Waals surface area contributed by atoms with Crippen molar-refractivity contribution in [2.75, 3.05) is 20.0 Å². The van der Waals surface area contributed by atoms with Crippen molar-refractivity contribution in [3.05, 3.63) is 106 Å². The molecule has 0 N–H and O–H groups in total. The van der Waals surface area contributed by atoms with Crippen molar-refractivity contribution in [3.8, 4) is 0 Å². The summed E-state index contributed by atoms with van der Waals surface area (Å²) in [6.45, 7) is -5.54. The van der Waals surface area contributed by atoms with Crippen molar-refractivity contribution in [3.63, 3.8) is 0 Å². The van der Waals surface area contributed by atoms with Gasteiger partial charge in [0, 0.05) is 0 Å². The summed E-state index contributed by atoms with van der Waals surface area (Å²) >= 11 is 0. The molecule has 12 heteroatoms. The van der Waals surface area contributed by atoms with Crippen LogP contribution in [-0.2, 0) is 22.5 Å². The van der Waals surface area contributed by atoms with Crippen molar-refractivity contribution in [2.24, 2.45) is 5.41 Å². The first-order chi connectivity index (χ1) is 18.2. The van der Waals surface area contributed by atoms with Crippen LogP contribution >= 0.6 is 0 Å². The third kappa shape index (κ3) is 4.55. The summed E-state index contributed by atoms with van der Waals surface area (Å²) in [5, 5.41) is 0. The van der Waals surface area contributed by atoms with E-state index < -0.39 is 71.8 Å². The van der Waals surface area contributed by atoms with Gasteiger partial charge in [-0.3, -0.25) is 13.2 Å². The fraction of sp³-hybridized carbons (Fsp3) is 0.259. The van der Waals surface area contributed by atoms with Crippen molar-refractivity contribution in [1.29, 1.82) is 0 Å². The Bertz CT molecular complexity index is 1290. The largest absolute Gasteiger partial charge is 0.416 e. The second-order valence-electron chi connectivity index (χ2n) is 9.06. The number of benzene rings is 3. The summed E-state index contributed by atoms with van der Waals surface area (Å²) in [5.41, 5.74) is -11.1. The van der Waals surface area contributed by atoms with Crippen LogP contribution in [0, 0.1) is 5.41 Å². The third-order valence-electron chi connectivity index (χ3n) is 6.88. The summed E-state index contributed by atoms with van der Waals surface area (Å²) in [4.78, 5) is 24.8. The first kappa shape index (κ1) is 28.2. The lowest BCUT2D eigenvalue weighted by Crippen LogP contribution is -2.52. The second kappa shape index (κ2) is 9.73. The maximum absolute atomic E-state index is 14.8. The number of hydrogen-bond acceptors (Lipinski definition) is 3. The van der Waals surface area contributed by atoms with Crippen LogP contribution in [0.5, 0.6) is 0 Å². The maximum atomic E-state index is 14.8. The molecule has 3 aromatic rings. The van der Waals surface area contributed by atoms with Gasteiger partial charge in [-0.15, -0.1) is 0 Å². The van der Waals surface area contributed by atoms with Gasteiger partial charge in [-0.2, -0.15) is 26.3 Å². The predicted molar refractivity (Wildman–Crippen MR) is 119 cm³/mol. The Morgan fingerprint density at radius 1 is 0.564 bits per heavy atom. The summed E-state index contributed by atoms with van der Waals surface area (Å²) < 4.78 is 132. The molecular formula is C27H17F9O3. The Balaban J connectivity index is 2.26. The molecule has 0 saturated carbocycles. The molecule has 7 rings (SSSR count). The lowest BCUT2D eigenvalue weighted by atomic mass is 9.54. The van der Waals surface area contributed by atoms with Crippen LogP contribution in [0.2, 0.25) is 0 Å². The van der Waals surface area contributed by atoms with Gasteiger partial charge in [-0.05, 0) is 59.2 Å². The number of esters is 2. The quantitative estimate of drug-likeness (QED) is 0.187. The summed E-state index contributed by atoms with van der Waals surface area (Å²) in [5.74, 6) is -2.29. The number of carbonyl (C=O) groups is 2. The minimum atomic E-state index is -5.32. The predicted octanol–water partition coefficient (Wildman–Crippen LogP) is 7.26. The van der Waals surface area contributed by atoms with Crippen LogP contribution in [-0.4, -0.2) is 32.0 Å². The Morgan fingerprint density at radius 2 is 0.923 bits per heavy atom. The highest BCUT2D eigenvalue weighted by Crippen LogP contribution is 2.55. The van der Waals surface area contributed by atoms with Crippen LogP contribution in [0.1, 0.15) is 48.5 Å². The standard InChI is InChI=1S/C27H17F9O3/c28-12-24(13-29,14-30)25(19-9-20(26(31,32)33)11-21(10-19)27(34,35)36)17-5-1-15(2-6-17)22(37)39-23(38)16-3-7-18(25)8-4-16/h1-11H,12-14H2. The minimum Gasteiger partial charge on any atom is -0.386 e. The highest BCUT2D eigenvalue weighted by atomic mass is 19.4. The molecule has 3 nitrogen and oxygen atoms in total. The van der Waals surface area contributed by atoms with Crippen LogP contribution in [0.15, 0.2) is 66.7 Å². The van der Waals surface area contributed by atoms with E-state index in [0.29, 0.717) is 0 Å².